The summed E-state index contributed by atoms with van der Waals surface area (Å²) in [6.07, 6.45) is 2.35. The minimum Gasteiger partial charge on any atom is -0.480 e. The average Bonchev–Trinajstić information content (AvgIpc) is 2.46. The highest BCUT2D eigenvalue weighted by Gasteiger charge is 2.26. The third kappa shape index (κ3) is 7.55. The highest BCUT2D eigenvalue weighted by molar-refractivity contribution is 7.98. The second-order valence-corrected chi connectivity index (χ2v) is 5.56. The monoisotopic (exact) mass is 339 g/mol. The predicted molar refractivity (Wildman–Crippen MR) is 83.4 cm³/mol. The summed E-state index contributed by atoms with van der Waals surface area (Å²) in [6.45, 7) is -0.748. The molecule has 3 unspecified atom stereocenters. The van der Waals surface area contributed by atoms with Crippen LogP contribution in [0.5, 0.6) is 0 Å². The lowest BCUT2D eigenvalue weighted by atomic mass is 10.2. The van der Waals surface area contributed by atoms with Crippen molar-refractivity contribution in [3.05, 3.63) is 0 Å². The number of hydrogen-bond donors (Lipinski definition) is 6. The summed E-state index contributed by atoms with van der Waals surface area (Å²) in [7, 11) is 0. The van der Waals surface area contributed by atoms with Crippen LogP contribution in [0.15, 0.2) is 0 Å². The number of amides is 2. The van der Waals surface area contributed by atoms with Crippen molar-refractivity contribution in [3.8, 4) is 0 Å². The number of carbonyl (C=O) groups excluding carboxylic acids is 2. The first-order chi connectivity index (χ1) is 9.87. The molecule has 0 aliphatic heterocycles. The highest BCUT2D eigenvalue weighted by Crippen LogP contribution is 2.00. The largest absolute Gasteiger partial charge is 0.480 e. The Labute approximate surface area is 132 Å². The van der Waals surface area contributed by atoms with Crippen LogP contribution in [0, 0.1) is 0 Å². The summed E-state index contributed by atoms with van der Waals surface area (Å²) in [6, 6.07) is -3.20. The normalized spacial score (nSPS) is 14.9. The molecule has 0 bridgehead atoms. The van der Waals surface area contributed by atoms with E-state index < -0.39 is 42.5 Å². The lowest BCUT2D eigenvalue weighted by Crippen LogP contribution is -2.56. The standard InChI is InChI=1S/C11H21N3O5S2/c1-21-3-2-6(12)9(16)14-8(5-20)10(17)13-7(4-15)11(18)19/h6-8,15,20H,2-5,12H2,1H3,(H,13,17)(H,14,16)(H,18,19). The number of nitrogens with one attached hydrogen (secondary N) is 2. The average molecular weight is 339 g/mol. The zero-order chi connectivity index (χ0) is 16.4. The van der Waals surface area contributed by atoms with Gasteiger partial charge in [0.25, 0.3) is 0 Å². The number of carboxylic acid groups (broad SMARTS) is 1. The van der Waals surface area contributed by atoms with Crippen molar-refractivity contribution < 1.29 is 24.6 Å². The number of carboxylic acids is 1. The number of carbonyl (C=O) groups is 3. The number of aliphatic hydroxyl groups excluding tert-OH is 1. The van der Waals surface area contributed by atoms with Crippen molar-refractivity contribution in [2.75, 3.05) is 24.4 Å². The van der Waals surface area contributed by atoms with Gasteiger partial charge in [0.15, 0.2) is 0 Å². The van der Waals surface area contributed by atoms with Crippen LogP contribution in [-0.4, -0.2) is 70.5 Å². The van der Waals surface area contributed by atoms with Gasteiger partial charge < -0.3 is 26.6 Å². The molecule has 10 heteroatoms. The van der Waals surface area contributed by atoms with Crippen molar-refractivity contribution in [2.45, 2.75) is 24.5 Å². The van der Waals surface area contributed by atoms with Crippen molar-refractivity contribution in [1.29, 1.82) is 0 Å². The summed E-state index contributed by atoms with van der Waals surface area (Å²) >= 11 is 5.49. The van der Waals surface area contributed by atoms with Crippen LogP contribution in [0.1, 0.15) is 6.42 Å². The Morgan fingerprint density at radius 2 is 1.81 bits per heavy atom. The van der Waals surface area contributed by atoms with Crippen molar-refractivity contribution >= 4 is 42.2 Å². The smallest absolute Gasteiger partial charge is 0.328 e. The molecule has 0 aliphatic carbocycles. The van der Waals surface area contributed by atoms with E-state index in [0.717, 1.165) is 0 Å². The fourth-order valence-corrected chi connectivity index (χ4v) is 2.05. The number of rotatable bonds is 10. The SMILES string of the molecule is CSCCC(N)C(=O)NC(CS)C(=O)NC(CO)C(=O)O. The van der Waals surface area contributed by atoms with Gasteiger partial charge in [-0.15, -0.1) is 0 Å². The molecule has 0 fully saturated rings. The summed E-state index contributed by atoms with van der Waals surface area (Å²) in [4.78, 5) is 34.3. The minimum atomic E-state index is -1.43. The van der Waals surface area contributed by atoms with Crippen LogP contribution in [-0.2, 0) is 14.4 Å². The Morgan fingerprint density at radius 3 is 2.24 bits per heavy atom. The Morgan fingerprint density at radius 1 is 1.24 bits per heavy atom. The molecule has 0 saturated carbocycles. The Balaban J connectivity index is 4.52. The van der Waals surface area contributed by atoms with E-state index >= 15 is 0 Å². The van der Waals surface area contributed by atoms with Crippen molar-refractivity contribution in [2.24, 2.45) is 5.73 Å². The summed E-state index contributed by atoms with van der Waals surface area (Å²) in [5.74, 6) is -1.93. The Hall–Kier alpha value is -0.970. The molecule has 0 radical (unpaired) electrons. The molecule has 2 amide bonds. The van der Waals surface area contributed by atoms with E-state index in [9.17, 15) is 14.4 Å². The number of aliphatic carboxylic acids is 1. The Kier molecular flexibility index (Phi) is 10.2. The molecule has 0 aromatic heterocycles. The van der Waals surface area contributed by atoms with Crippen LogP contribution < -0.4 is 16.4 Å². The zero-order valence-corrected chi connectivity index (χ0v) is 13.3. The number of thiol groups is 1. The first-order valence-corrected chi connectivity index (χ1v) is 8.19. The van der Waals surface area contributed by atoms with Gasteiger partial charge in [-0.2, -0.15) is 24.4 Å². The molecule has 8 nitrogen and oxygen atoms in total. The molecule has 3 atom stereocenters. The van der Waals surface area contributed by atoms with E-state index in [-0.39, 0.29) is 5.75 Å². The second kappa shape index (κ2) is 10.7. The van der Waals surface area contributed by atoms with Gasteiger partial charge in [-0.3, -0.25) is 9.59 Å². The number of nitrogens with two attached hydrogens (primary N) is 1. The molecular formula is C11H21N3O5S2. The molecule has 0 spiro atoms. The van der Waals surface area contributed by atoms with E-state index in [4.69, 9.17) is 15.9 Å². The highest BCUT2D eigenvalue weighted by atomic mass is 32.2. The van der Waals surface area contributed by atoms with Gasteiger partial charge in [-0.05, 0) is 18.4 Å². The van der Waals surface area contributed by atoms with E-state index in [2.05, 4.69) is 23.3 Å². The molecule has 0 rings (SSSR count). The van der Waals surface area contributed by atoms with E-state index in [1.807, 2.05) is 6.26 Å². The van der Waals surface area contributed by atoms with Gasteiger partial charge in [0, 0.05) is 5.75 Å². The Bertz CT molecular complexity index is 370. The number of hydrogen-bond acceptors (Lipinski definition) is 7. The van der Waals surface area contributed by atoms with Crippen LogP contribution in [0.2, 0.25) is 0 Å². The second-order valence-electron chi connectivity index (χ2n) is 4.21. The topological polar surface area (TPSA) is 142 Å². The molecule has 0 aromatic carbocycles. The third-order valence-corrected chi connectivity index (χ3v) is 3.59. The predicted octanol–water partition coefficient (Wildman–Crippen LogP) is -1.96. The van der Waals surface area contributed by atoms with Gasteiger partial charge in [0.2, 0.25) is 11.8 Å². The number of thioether (sulfide) groups is 1. The first-order valence-electron chi connectivity index (χ1n) is 6.17. The van der Waals surface area contributed by atoms with Gasteiger partial charge in [-0.1, -0.05) is 0 Å². The van der Waals surface area contributed by atoms with E-state index in [1.54, 1.807) is 11.8 Å². The van der Waals surface area contributed by atoms with Crippen molar-refractivity contribution in [1.82, 2.24) is 10.6 Å². The van der Waals surface area contributed by atoms with Crippen LogP contribution in [0.25, 0.3) is 0 Å². The van der Waals surface area contributed by atoms with E-state index in [1.165, 1.54) is 0 Å². The first kappa shape index (κ1) is 20.0. The van der Waals surface area contributed by atoms with Crippen LogP contribution in [0.3, 0.4) is 0 Å². The van der Waals surface area contributed by atoms with Gasteiger partial charge in [-0.25, -0.2) is 4.79 Å². The molecular weight excluding hydrogens is 318 g/mol. The molecule has 6 N–H and O–H groups in total. The summed E-state index contributed by atoms with van der Waals surface area (Å²) in [5.41, 5.74) is 5.67. The fourth-order valence-electron chi connectivity index (χ4n) is 1.31. The maximum Gasteiger partial charge on any atom is 0.328 e. The molecule has 21 heavy (non-hydrogen) atoms. The third-order valence-electron chi connectivity index (χ3n) is 2.58. The van der Waals surface area contributed by atoms with Gasteiger partial charge >= 0.3 is 5.97 Å². The molecule has 0 aromatic rings. The molecule has 0 aliphatic rings. The summed E-state index contributed by atoms with van der Waals surface area (Å²) < 4.78 is 0. The summed E-state index contributed by atoms with van der Waals surface area (Å²) in [5, 5.41) is 22.1. The maximum absolute atomic E-state index is 11.8. The van der Waals surface area contributed by atoms with Crippen molar-refractivity contribution in [3.63, 3.8) is 0 Å². The molecule has 0 saturated heterocycles. The molecule has 122 valence electrons. The maximum atomic E-state index is 11.8. The van der Waals surface area contributed by atoms with Crippen LogP contribution >= 0.6 is 24.4 Å². The minimum absolute atomic E-state index is 0.0232. The lowest BCUT2D eigenvalue weighted by molar-refractivity contribution is -0.143. The zero-order valence-electron chi connectivity index (χ0n) is 11.6. The van der Waals surface area contributed by atoms with Gasteiger partial charge in [0.05, 0.1) is 12.6 Å². The fraction of sp³-hybridized carbons (Fsp3) is 0.727. The number of aliphatic hydroxyl groups is 1. The van der Waals surface area contributed by atoms with Gasteiger partial charge in [0.1, 0.15) is 12.1 Å². The lowest BCUT2D eigenvalue weighted by Gasteiger charge is -2.20. The van der Waals surface area contributed by atoms with Crippen LogP contribution in [0.4, 0.5) is 0 Å². The quantitative estimate of drug-likeness (QED) is 0.254. The molecule has 0 heterocycles. The van der Waals surface area contributed by atoms with E-state index in [0.29, 0.717) is 12.2 Å².